The van der Waals surface area contributed by atoms with Crippen LogP contribution >= 0.6 is 0 Å². The minimum atomic E-state index is -2.32. The summed E-state index contributed by atoms with van der Waals surface area (Å²) in [6.07, 6.45) is -4.67. The summed E-state index contributed by atoms with van der Waals surface area (Å²) in [6.45, 7) is 1.21. The second-order valence-corrected chi connectivity index (χ2v) is 2.76. The number of carbonyl (C=O) groups is 1. The third kappa shape index (κ3) is 1.29. The minimum absolute atomic E-state index is 1.00. The minimum Gasteiger partial charge on any atom is -0.414 e. The maximum absolute atomic E-state index is 10.4. The maximum Gasteiger partial charge on any atom is 0.385 e. The molecule has 70 valence electrons. The Morgan fingerprint density at radius 2 is 1.83 bits per heavy atom. The van der Waals surface area contributed by atoms with Crippen LogP contribution < -0.4 is 0 Å². The van der Waals surface area contributed by atoms with Crippen LogP contribution in [0.4, 0.5) is 0 Å². The number of epoxide rings is 1. The van der Waals surface area contributed by atoms with Crippen molar-refractivity contribution >= 4 is 5.97 Å². The number of cyclic esters (lactones) is 1. The molecule has 1 saturated heterocycles. The molecule has 6 nitrogen and oxygen atoms in total. The van der Waals surface area contributed by atoms with Gasteiger partial charge in [-0.3, -0.25) is 0 Å². The highest BCUT2D eigenvalue weighted by molar-refractivity contribution is 5.91. The lowest BCUT2D eigenvalue weighted by Gasteiger charge is -2.19. The second-order valence-electron chi connectivity index (χ2n) is 2.76. The molecule has 1 rings (SSSR count). The van der Waals surface area contributed by atoms with Gasteiger partial charge in [-0.25, -0.2) is 4.79 Å². The highest BCUT2D eigenvalue weighted by Gasteiger charge is 2.65. The highest BCUT2D eigenvalue weighted by Crippen LogP contribution is 2.31. The fourth-order valence-corrected chi connectivity index (χ4v) is 0.792. The first-order chi connectivity index (χ1) is 5.39. The Morgan fingerprint density at radius 3 is 2.08 bits per heavy atom. The molecule has 0 amide bonds. The highest BCUT2D eigenvalue weighted by atomic mass is 16.8. The molecule has 3 unspecified atom stereocenters. The zero-order valence-corrected chi connectivity index (χ0v) is 6.34. The molecule has 0 spiro atoms. The van der Waals surface area contributed by atoms with Crippen molar-refractivity contribution in [2.45, 2.75) is 31.0 Å². The Morgan fingerprint density at radius 1 is 1.42 bits per heavy atom. The van der Waals surface area contributed by atoms with Gasteiger partial charge in [-0.05, 0) is 6.92 Å². The molecule has 0 bridgehead atoms. The molecule has 0 aromatic rings. The van der Waals surface area contributed by atoms with Gasteiger partial charge in [-0.2, -0.15) is 0 Å². The Labute approximate surface area is 68.0 Å². The summed E-state index contributed by atoms with van der Waals surface area (Å²) < 4.78 is 4.03. The number of aliphatic hydroxyl groups is 4. The molecule has 12 heavy (non-hydrogen) atoms. The van der Waals surface area contributed by atoms with Crippen molar-refractivity contribution in [1.82, 2.24) is 0 Å². The number of hydrogen-bond acceptors (Lipinski definition) is 6. The normalized spacial score (nSPS) is 35.2. The van der Waals surface area contributed by atoms with Gasteiger partial charge in [0, 0.05) is 0 Å². The molecule has 0 aromatic heterocycles. The van der Waals surface area contributed by atoms with Crippen LogP contribution in [0, 0.1) is 0 Å². The van der Waals surface area contributed by atoms with Gasteiger partial charge < -0.3 is 25.2 Å². The van der Waals surface area contributed by atoms with E-state index < -0.39 is 30.1 Å². The second kappa shape index (κ2) is 2.67. The van der Waals surface area contributed by atoms with E-state index >= 15 is 0 Å². The molecule has 0 aromatic carbocycles. The van der Waals surface area contributed by atoms with Crippen LogP contribution in [0.25, 0.3) is 0 Å². The molecule has 1 aliphatic heterocycles. The fourth-order valence-electron chi connectivity index (χ4n) is 0.792. The summed E-state index contributed by atoms with van der Waals surface area (Å²) >= 11 is 0. The van der Waals surface area contributed by atoms with Crippen molar-refractivity contribution < 1.29 is 30.0 Å². The molecule has 4 N–H and O–H groups in total. The van der Waals surface area contributed by atoms with Gasteiger partial charge in [0.05, 0.1) is 6.10 Å². The average Bonchev–Trinajstić information content (AvgIpc) is 2.58. The topological polar surface area (TPSA) is 111 Å². The Bertz CT molecular complexity index is 202. The molecular formula is C6H10O6. The van der Waals surface area contributed by atoms with Gasteiger partial charge in [-0.15, -0.1) is 0 Å². The predicted octanol–water partition coefficient (Wildman–Crippen LogP) is -2.67. The number of ether oxygens (including phenoxy) is 1. The van der Waals surface area contributed by atoms with Crippen LogP contribution in [0.15, 0.2) is 0 Å². The van der Waals surface area contributed by atoms with Crippen molar-refractivity contribution in [3.8, 4) is 0 Å². The standard InChI is InChI=1S/C6H10O6/c1-2(7)3(8)4(9)6(11)5(10)12-6/h2-4,7-9,11H,1H3/t2?,3?,4?,6-/m1/s1. The van der Waals surface area contributed by atoms with Crippen molar-refractivity contribution in [2.75, 3.05) is 0 Å². The van der Waals surface area contributed by atoms with Gasteiger partial charge in [0.15, 0.2) is 6.10 Å². The zero-order valence-electron chi connectivity index (χ0n) is 6.34. The first-order valence-electron chi connectivity index (χ1n) is 3.39. The van der Waals surface area contributed by atoms with Crippen LogP contribution in [-0.4, -0.2) is 50.5 Å². The first kappa shape index (κ1) is 9.40. The van der Waals surface area contributed by atoms with Crippen molar-refractivity contribution in [3.63, 3.8) is 0 Å². The molecule has 1 aliphatic rings. The number of hydrogen-bond donors (Lipinski definition) is 4. The third-order valence-electron chi connectivity index (χ3n) is 1.72. The van der Waals surface area contributed by atoms with E-state index in [1.165, 1.54) is 6.92 Å². The maximum atomic E-state index is 10.4. The van der Waals surface area contributed by atoms with Gasteiger partial charge in [0.1, 0.15) is 6.10 Å². The van der Waals surface area contributed by atoms with E-state index in [1.807, 2.05) is 0 Å². The van der Waals surface area contributed by atoms with Gasteiger partial charge in [-0.1, -0.05) is 0 Å². The molecule has 0 aliphatic carbocycles. The van der Waals surface area contributed by atoms with Gasteiger partial charge in [0.2, 0.25) is 0 Å². The van der Waals surface area contributed by atoms with Crippen LogP contribution in [0.1, 0.15) is 6.92 Å². The lowest BCUT2D eigenvalue weighted by molar-refractivity contribution is -0.148. The summed E-state index contributed by atoms with van der Waals surface area (Å²) in [4.78, 5) is 10.4. The molecule has 4 atom stereocenters. The van der Waals surface area contributed by atoms with E-state index in [1.54, 1.807) is 0 Å². The summed E-state index contributed by atoms with van der Waals surface area (Å²) in [5.74, 6) is -3.33. The number of rotatable bonds is 3. The van der Waals surface area contributed by atoms with Crippen LogP contribution in [0.2, 0.25) is 0 Å². The molecular weight excluding hydrogens is 168 g/mol. The largest absolute Gasteiger partial charge is 0.414 e. The summed E-state index contributed by atoms with van der Waals surface area (Å²) in [5, 5.41) is 35.8. The SMILES string of the molecule is CC(O)C(O)C(O)[C@@]1(O)OC1=O. The van der Waals surface area contributed by atoms with E-state index in [-0.39, 0.29) is 0 Å². The monoisotopic (exact) mass is 178 g/mol. The molecule has 1 fully saturated rings. The molecule has 0 radical (unpaired) electrons. The predicted molar refractivity (Wildman–Crippen MR) is 34.7 cm³/mol. The first-order valence-corrected chi connectivity index (χ1v) is 3.39. The lowest BCUT2D eigenvalue weighted by atomic mass is 10.0. The lowest BCUT2D eigenvalue weighted by Crippen LogP contribution is -2.46. The van der Waals surface area contributed by atoms with E-state index in [2.05, 4.69) is 4.74 Å². The van der Waals surface area contributed by atoms with E-state index in [9.17, 15) is 4.79 Å². The Kier molecular flexibility index (Phi) is 2.09. The number of aliphatic hydroxyl groups excluding tert-OH is 3. The van der Waals surface area contributed by atoms with E-state index in [4.69, 9.17) is 20.4 Å². The molecule has 0 saturated carbocycles. The smallest absolute Gasteiger partial charge is 0.385 e. The number of carbonyl (C=O) groups excluding carboxylic acids is 1. The summed E-state index contributed by atoms with van der Waals surface area (Å²) in [7, 11) is 0. The van der Waals surface area contributed by atoms with Gasteiger partial charge in [0.25, 0.3) is 0 Å². The van der Waals surface area contributed by atoms with Crippen molar-refractivity contribution in [2.24, 2.45) is 0 Å². The molecule has 6 heteroatoms. The van der Waals surface area contributed by atoms with Crippen LogP contribution in [0.5, 0.6) is 0 Å². The molecule has 1 heterocycles. The van der Waals surface area contributed by atoms with Crippen molar-refractivity contribution in [1.29, 1.82) is 0 Å². The fraction of sp³-hybridized carbons (Fsp3) is 0.833. The zero-order chi connectivity index (χ0) is 9.52. The van der Waals surface area contributed by atoms with Crippen LogP contribution in [-0.2, 0) is 9.53 Å². The average molecular weight is 178 g/mol. The van der Waals surface area contributed by atoms with Crippen molar-refractivity contribution in [3.05, 3.63) is 0 Å². The van der Waals surface area contributed by atoms with E-state index in [0.29, 0.717) is 0 Å². The third-order valence-corrected chi connectivity index (χ3v) is 1.72. The Balaban J connectivity index is 2.59. The van der Waals surface area contributed by atoms with Crippen LogP contribution in [0.3, 0.4) is 0 Å². The quantitative estimate of drug-likeness (QED) is 0.351. The summed E-state index contributed by atoms with van der Waals surface area (Å²) in [6, 6.07) is 0. The Hall–Kier alpha value is -0.690. The summed E-state index contributed by atoms with van der Waals surface area (Å²) in [5.41, 5.74) is 0. The van der Waals surface area contributed by atoms with E-state index in [0.717, 1.165) is 0 Å². The van der Waals surface area contributed by atoms with Gasteiger partial charge >= 0.3 is 11.8 Å².